The topological polar surface area (TPSA) is 19.7 Å². The van der Waals surface area contributed by atoms with Crippen LogP contribution in [0.4, 0.5) is 0 Å². The first-order chi connectivity index (χ1) is 3.89. The molecule has 2 nitrogen and oxygen atoms in total. The number of hydrogen-bond acceptors (Lipinski definition) is 0. The van der Waals surface area contributed by atoms with Gasteiger partial charge < -0.3 is 7.43 Å². The van der Waals surface area contributed by atoms with E-state index in [1.54, 1.807) is 0 Å². The van der Waals surface area contributed by atoms with Crippen LogP contribution in [0.15, 0.2) is 18.7 Å². The van der Waals surface area contributed by atoms with Crippen LogP contribution in [0.3, 0.4) is 0 Å². The Kier molecular flexibility index (Phi) is 8.87. The average Bonchev–Trinajstić information content (AvgIpc) is 2.24. The summed E-state index contributed by atoms with van der Waals surface area (Å²) in [6.07, 6.45) is 5.69. The summed E-state index contributed by atoms with van der Waals surface area (Å²) in [4.78, 5) is 2.89. The molecule has 0 bridgehead atoms. The summed E-state index contributed by atoms with van der Waals surface area (Å²) in [5.74, 6) is 0. The van der Waals surface area contributed by atoms with Crippen molar-refractivity contribution in [3.63, 3.8) is 0 Å². The van der Waals surface area contributed by atoms with Crippen molar-refractivity contribution in [2.24, 2.45) is 7.05 Å². The number of H-pyrrole nitrogens is 1. The molecule has 0 atom stereocenters. The highest BCUT2D eigenvalue weighted by Crippen LogP contribution is 1.59. The zero-order valence-electron chi connectivity index (χ0n) is 6.68. The summed E-state index contributed by atoms with van der Waals surface area (Å²) in [7, 11) is 1.97. The lowest BCUT2D eigenvalue weighted by Gasteiger charge is -1.66. The smallest absolute Gasteiger partial charge is 0.241 e. The van der Waals surface area contributed by atoms with E-state index >= 15 is 0 Å². The Morgan fingerprint density at radius 2 is 1.89 bits per heavy atom. The van der Waals surface area contributed by atoms with Gasteiger partial charge in [-0.05, 0) is 0 Å². The lowest BCUT2D eigenvalue weighted by Crippen LogP contribution is -2.22. The number of aromatic amines is 1. The molecule has 0 aliphatic carbocycles. The molecule has 1 N–H and O–H groups in total. The molecule has 1 heterocycles. The number of nitrogens with zero attached hydrogens (tertiary/aromatic N) is 1. The zero-order valence-corrected chi connectivity index (χ0v) is 6.68. The van der Waals surface area contributed by atoms with Gasteiger partial charge in [0.1, 0.15) is 12.4 Å². The normalized spacial score (nSPS) is 6.56. The summed E-state index contributed by atoms with van der Waals surface area (Å²) < 4.78 is 1.94. The van der Waals surface area contributed by atoms with Crippen LogP contribution in [0.25, 0.3) is 0 Å². The number of aryl methyl sites for hydroxylation is 1. The molecular weight excluding hydrogens is 112 g/mol. The molecule has 0 saturated carbocycles. The summed E-state index contributed by atoms with van der Waals surface area (Å²) >= 11 is 0. The third-order valence-electron chi connectivity index (χ3n) is 0.684. The van der Waals surface area contributed by atoms with Crippen molar-refractivity contribution in [2.45, 2.75) is 13.8 Å². The molecule has 2 heteroatoms. The molecule has 0 aromatic carbocycles. The second-order valence-corrected chi connectivity index (χ2v) is 1.28. The minimum Gasteiger partial charge on any atom is -0.358 e. The van der Waals surface area contributed by atoms with Crippen molar-refractivity contribution in [3.05, 3.63) is 26.1 Å². The highest BCUT2D eigenvalue weighted by Gasteiger charge is 1.78. The molecule has 0 amide bonds. The Labute approximate surface area is 57.5 Å². The van der Waals surface area contributed by atoms with Crippen molar-refractivity contribution in [1.29, 1.82) is 0 Å². The molecular formula is C7H16N2. The van der Waals surface area contributed by atoms with E-state index in [4.69, 9.17) is 0 Å². The molecule has 0 saturated heterocycles. The van der Waals surface area contributed by atoms with Gasteiger partial charge in [0, 0.05) is 0 Å². The quantitative estimate of drug-likeness (QED) is 0.401. The highest BCUT2D eigenvalue weighted by atomic mass is 15.0. The fourth-order valence-corrected chi connectivity index (χ4v) is 0.364. The van der Waals surface area contributed by atoms with E-state index in [1.807, 2.05) is 44.2 Å². The molecule has 0 radical (unpaired) electrons. The van der Waals surface area contributed by atoms with Crippen molar-refractivity contribution in [2.75, 3.05) is 0 Å². The zero-order chi connectivity index (χ0) is 6.41. The first-order valence-corrected chi connectivity index (χ1v) is 2.87. The van der Waals surface area contributed by atoms with Gasteiger partial charge in [0.15, 0.2) is 0 Å². The van der Waals surface area contributed by atoms with Gasteiger partial charge in [-0.3, -0.25) is 4.98 Å². The molecule has 0 aliphatic heterocycles. The number of nitrogens with one attached hydrogen (secondary N) is 1. The molecule has 1 rings (SSSR count). The number of imidazole rings is 1. The first kappa shape index (κ1) is 11.1. The Hall–Kier alpha value is -0.790. The minimum atomic E-state index is 0. The predicted molar refractivity (Wildman–Crippen MR) is 39.7 cm³/mol. The maximum Gasteiger partial charge on any atom is 0.241 e. The van der Waals surface area contributed by atoms with Crippen molar-refractivity contribution >= 4 is 0 Å². The maximum atomic E-state index is 2.89. The monoisotopic (exact) mass is 128 g/mol. The SMILES string of the molecule is CC.C[n+]1cc[nH]c1.[CH3-]. The van der Waals surface area contributed by atoms with E-state index in [-0.39, 0.29) is 7.43 Å². The van der Waals surface area contributed by atoms with Crippen molar-refractivity contribution in [1.82, 2.24) is 4.98 Å². The summed E-state index contributed by atoms with van der Waals surface area (Å²) in [5, 5.41) is 0. The number of rotatable bonds is 0. The van der Waals surface area contributed by atoms with Crippen molar-refractivity contribution in [3.8, 4) is 0 Å². The third-order valence-corrected chi connectivity index (χ3v) is 0.684. The highest BCUT2D eigenvalue weighted by molar-refractivity contribution is 4.54. The summed E-state index contributed by atoms with van der Waals surface area (Å²) in [5.41, 5.74) is 0. The summed E-state index contributed by atoms with van der Waals surface area (Å²) in [6.45, 7) is 4.00. The number of aromatic nitrogens is 2. The summed E-state index contributed by atoms with van der Waals surface area (Å²) in [6, 6.07) is 0. The van der Waals surface area contributed by atoms with Gasteiger partial charge >= 0.3 is 0 Å². The first-order valence-electron chi connectivity index (χ1n) is 2.87. The van der Waals surface area contributed by atoms with E-state index in [2.05, 4.69) is 4.98 Å². The molecule has 0 fully saturated rings. The standard InChI is InChI=1S/C4H6N2.C2H6.CH3/c1-6-3-2-5-4-6;1-2;/h2-4H,1H3;1-2H3;1H3/q;;-1/p+1. The maximum absolute atomic E-state index is 2.89. The lowest BCUT2D eigenvalue weighted by atomic mass is 10.9. The Balaban J connectivity index is 0. The second-order valence-electron chi connectivity index (χ2n) is 1.28. The predicted octanol–water partition coefficient (Wildman–Crippen LogP) is 1.32. The molecule has 9 heavy (non-hydrogen) atoms. The van der Waals surface area contributed by atoms with Gasteiger partial charge in [-0.25, -0.2) is 4.57 Å². The van der Waals surface area contributed by atoms with E-state index in [1.165, 1.54) is 0 Å². The Morgan fingerprint density at radius 3 is 2.00 bits per heavy atom. The van der Waals surface area contributed by atoms with Gasteiger partial charge in [0.25, 0.3) is 0 Å². The largest absolute Gasteiger partial charge is 0.358 e. The fourth-order valence-electron chi connectivity index (χ4n) is 0.364. The van der Waals surface area contributed by atoms with E-state index < -0.39 is 0 Å². The van der Waals surface area contributed by atoms with Gasteiger partial charge in [0.2, 0.25) is 6.33 Å². The van der Waals surface area contributed by atoms with E-state index in [0.717, 1.165) is 0 Å². The van der Waals surface area contributed by atoms with Crippen LogP contribution in [-0.4, -0.2) is 4.98 Å². The van der Waals surface area contributed by atoms with Crippen LogP contribution in [0.2, 0.25) is 0 Å². The Morgan fingerprint density at radius 1 is 1.33 bits per heavy atom. The molecule has 1 aromatic heterocycles. The van der Waals surface area contributed by atoms with Gasteiger partial charge in [0.05, 0.1) is 7.05 Å². The molecule has 0 unspecified atom stereocenters. The Bertz CT molecular complexity index is 110. The van der Waals surface area contributed by atoms with Crippen LogP contribution in [-0.2, 0) is 7.05 Å². The number of hydrogen-bond donors (Lipinski definition) is 1. The third kappa shape index (κ3) is 5.07. The van der Waals surface area contributed by atoms with Crippen LogP contribution in [0.1, 0.15) is 13.8 Å². The van der Waals surface area contributed by atoms with Gasteiger partial charge in [-0.2, -0.15) is 0 Å². The second kappa shape index (κ2) is 7.21. The molecule has 54 valence electrons. The van der Waals surface area contributed by atoms with Gasteiger partial charge in [-0.1, -0.05) is 13.8 Å². The van der Waals surface area contributed by atoms with Crippen LogP contribution >= 0.6 is 0 Å². The fraction of sp³-hybridized carbons (Fsp3) is 0.429. The van der Waals surface area contributed by atoms with Crippen LogP contribution in [0.5, 0.6) is 0 Å². The van der Waals surface area contributed by atoms with Crippen molar-refractivity contribution < 1.29 is 4.57 Å². The van der Waals surface area contributed by atoms with Crippen LogP contribution < -0.4 is 4.57 Å². The molecule has 1 aromatic rings. The van der Waals surface area contributed by atoms with E-state index in [0.29, 0.717) is 0 Å². The molecule has 0 aliphatic rings. The van der Waals surface area contributed by atoms with Crippen LogP contribution in [0, 0.1) is 7.43 Å². The molecule has 0 spiro atoms. The average molecular weight is 128 g/mol. The van der Waals surface area contributed by atoms with Gasteiger partial charge in [-0.15, -0.1) is 0 Å². The van der Waals surface area contributed by atoms with E-state index in [9.17, 15) is 0 Å². The lowest BCUT2D eigenvalue weighted by molar-refractivity contribution is -0.670. The minimum absolute atomic E-state index is 0.